The van der Waals surface area contributed by atoms with Gasteiger partial charge in [0.2, 0.25) is 11.8 Å². The first-order valence-electron chi connectivity index (χ1n) is 13.2. The fourth-order valence-electron chi connectivity index (χ4n) is 3.78. The van der Waals surface area contributed by atoms with Crippen molar-refractivity contribution in [1.29, 1.82) is 0 Å². The standard InChI is InChI=1S/C25H45N5O5S/c1-3-4-5-6-7-8-9-10-11-12-13-14-21-17-30(29-28-21)15-16-36-19-23(26-20(2)32)24(33)27-22(18-31)25(34)35/h17,22-23,31H,3-16,18-19H2,1-2H3,(H,26,32)(H,27,33)(H,34,35)/t22?,23-/m0/s1. The molecule has 2 atom stereocenters. The monoisotopic (exact) mass is 527 g/mol. The number of aromatic nitrogens is 3. The van der Waals surface area contributed by atoms with Crippen LogP contribution in [0.4, 0.5) is 0 Å². The number of aliphatic hydroxyl groups excluding tert-OH is 1. The lowest BCUT2D eigenvalue weighted by Crippen LogP contribution is -2.53. The summed E-state index contributed by atoms with van der Waals surface area (Å²) in [5.41, 5.74) is 0.982. The summed E-state index contributed by atoms with van der Waals surface area (Å²) in [6.45, 7) is 3.42. The number of carboxylic acids is 1. The number of amides is 2. The molecule has 0 aromatic carbocycles. The van der Waals surface area contributed by atoms with E-state index >= 15 is 0 Å². The molecule has 1 unspecified atom stereocenters. The first-order valence-corrected chi connectivity index (χ1v) is 14.4. The molecule has 2 amide bonds. The van der Waals surface area contributed by atoms with Crippen LogP contribution in [0.1, 0.15) is 90.2 Å². The topological polar surface area (TPSA) is 146 Å². The van der Waals surface area contributed by atoms with Gasteiger partial charge >= 0.3 is 5.97 Å². The van der Waals surface area contributed by atoms with E-state index in [1.165, 1.54) is 82.9 Å². The minimum Gasteiger partial charge on any atom is -0.480 e. The van der Waals surface area contributed by atoms with Gasteiger partial charge in [-0.2, -0.15) is 11.8 Å². The van der Waals surface area contributed by atoms with Gasteiger partial charge in [0.25, 0.3) is 0 Å². The molecule has 1 rings (SSSR count). The van der Waals surface area contributed by atoms with Crippen LogP contribution in [-0.2, 0) is 27.3 Å². The lowest BCUT2D eigenvalue weighted by atomic mass is 10.0. The first-order chi connectivity index (χ1) is 17.4. The number of nitrogens with zero attached hydrogens (tertiary/aromatic N) is 3. The Bertz CT molecular complexity index is 761. The highest BCUT2D eigenvalue weighted by molar-refractivity contribution is 7.99. The summed E-state index contributed by atoms with van der Waals surface area (Å²) in [6, 6.07) is -2.30. The average Bonchev–Trinajstić information content (AvgIpc) is 3.29. The molecule has 1 aromatic rings. The van der Waals surface area contributed by atoms with Gasteiger partial charge in [0.1, 0.15) is 12.1 Å². The first kappa shape index (κ1) is 31.9. The van der Waals surface area contributed by atoms with Gasteiger partial charge in [-0.15, -0.1) is 5.10 Å². The number of thioether (sulfide) groups is 1. The Morgan fingerprint density at radius 2 is 1.58 bits per heavy atom. The van der Waals surface area contributed by atoms with Crippen LogP contribution in [0.25, 0.3) is 0 Å². The molecule has 0 aliphatic heterocycles. The zero-order chi connectivity index (χ0) is 26.6. The molecule has 4 N–H and O–H groups in total. The number of hydrogen-bond acceptors (Lipinski definition) is 7. The summed E-state index contributed by atoms with van der Waals surface area (Å²) < 4.78 is 1.78. The highest BCUT2D eigenvalue weighted by Crippen LogP contribution is 2.12. The maximum Gasteiger partial charge on any atom is 0.328 e. The Labute approximate surface area is 219 Å². The van der Waals surface area contributed by atoms with Gasteiger partial charge in [-0.3, -0.25) is 14.3 Å². The van der Waals surface area contributed by atoms with Crippen LogP contribution >= 0.6 is 11.8 Å². The van der Waals surface area contributed by atoms with Crippen molar-refractivity contribution in [3.8, 4) is 0 Å². The number of carboxylic acid groups (broad SMARTS) is 1. The van der Waals surface area contributed by atoms with E-state index in [0.29, 0.717) is 12.3 Å². The highest BCUT2D eigenvalue weighted by Gasteiger charge is 2.25. The van der Waals surface area contributed by atoms with Crippen LogP contribution in [-0.4, -0.2) is 73.2 Å². The summed E-state index contributed by atoms with van der Waals surface area (Å²) >= 11 is 1.44. The van der Waals surface area contributed by atoms with E-state index in [2.05, 4.69) is 27.9 Å². The second-order valence-corrected chi connectivity index (χ2v) is 10.3. The Kier molecular flexibility index (Phi) is 17.7. The molecule has 0 bridgehead atoms. The minimum absolute atomic E-state index is 0.267. The smallest absolute Gasteiger partial charge is 0.328 e. The quantitative estimate of drug-likeness (QED) is 0.168. The molecule has 0 aliphatic carbocycles. The SMILES string of the molecule is CCCCCCCCCCCCCc1cn(CCSC[C@H](NC(C)=O)C(=O)NC(CO)C(=O)O)nn1. The Morgan fingerprint density at radius 3 is 2.14 bits per heavy atom. The van der Waals surface area contributed by atoms with Crippen molar-refractivity contribution >= 4 is 29.5 Å². The second kappa shape index (κ2) is 20.0. The molecule has 36 heavy (non-hydrogen) atoms. The number of hydrogen-bond donors (Lipinski definition) is 4. The number of carbonyl (C=O) groups is 3. The summed E-state index contributed by atoms with van der Waals surface area (Å²) in [5, 5.41) is 31.2. The Morgan fingerprint density at radius 1 is 0.972 bits per heavy atom. The molecule has 0 saturated carbocycles. The maximum absolute atomic E-state index is 12.3. The van der Waals surface area contributed by atoms with Gasteiger partial charge in [0.15, 0.2) is 0 Å². The van der Waals surface area contributed by atoms with Crippen LogP contribution in [0.3, 0.4) is 0 Å². The van der Waals surface area contributed by atoms with Crippen molar-refractivity contribution in [2.24, 2.45) is 0 Å². The molecule has 11 heteroatoms. The zero-order valence-corrected chi connectivity index (χ0v) is 22.7. The number of aliphatic hydroxyl groups is 1. The third kappa shape index (κ3) is 15.1. The minimum atomic E-state index is -1.41. The molecule has 0 fully saturated rings. The number of aliphatic carboxylic acids is 1. The highest BCUT2D eigenvalue weighted by atomic mass is 32.2. The van der Waals surface area contributed by atoms with E-state index in [1.807, 2.05) is 6.20 Å². The molecule has 0 aliphatic rings. The summed E-state index contributed by atoms with van der Waals surface area (Å²) in [5.74, 6) is -1.46. The number of aryl methyl sites for hydroxylation is 2. The van der Waals surface area contributed by atoms with Crippen LogP contribution in [0.5, 0.6) is 0 Å². The van der Waals surface area contributed by atoms with Gasteiger partial charge in [0.05, 0.1) is 18.8 Å². The van der Waals surface area contributed by atoms with E-state index in [9.17, 15) is 14.4 Å². The normalized spacial score (nSPS) is 12.8. The molecular weight excluding hydrogens is 482 g/mol. The molecule has 0 radical (unpaired) electrons. The van der Waals surface area contributed by atoms with Crippen molar-refractivity contribution < 1.29 is 24.6 Å². The van der Waals surface area contributed by atoms with Crippen molar-refractivity contribution in [1.82, 2.24) is 25.6 Å². The van der Waals surface area contributed by atoms with E-state index in [4.69, 9.17) is 10.2 Å². The number of rotatable bonds is 22. The third-order valence-corrected chi connectivity index (χ3v) is 6.90. The molecule has 0 saturated heterocycles. The number of carbonyl (C=O) groups excluding carboxylic acids is 2. The maximum atomic E-state index is 12.3. The summed E-state index contributed by atoms with van der Waals surface area (Å²) in [6.07, 6.45) is 17.3. The second-order valence-electron chi connectivity index (χ2n) is 9.17. The number of unbranched alkanes of at least 4 members (excludes halogenated alkanes) is 10. The largest absolute Gasteiger partial charge is 0.480 e. The molecule has 1 heterocycles. The molecule has 10 nitrogen and oxygen atoms in total. The van der Waals surface area contributed by atoms with Gasteiger partial charge in [-0.05, 0) is 12.8 Å². The lowest BCUT2D eigenvalue weighted by molar-refractivity contribution is -0.143. The fourth-order valence-corrected chi connectivity index (χ4v) is 4.73. The molecule has 0 spiro atoms. The molecule has 206 valence electrons. The Hall–Kier alpha value is -2.14. The predicted molar refractivity (Wildman–Crippen MR) is 142 cm³/mol. The van der Waals surface area contributed by atoms with Crippen molar-refractivity contribution in [2.45, 2.75) is 110 Å². The van der Waals surface area contributed by atoms with Gasteiger partial charge in [-0.25, -0.2) is 4.79 Å². The zero-order valence-electron chi connectivity index (χ0n) is 21.9. The van der Waals surface area contributed by atoms with E-state index in [1.54, 1.807) is 4.68 Å². The number of nitrogens with one attached hydrogen (secondary N) is 2. The predicted octanol–water partition coefficient (Wildman–Crippen LogP) is 2.93. The summed E-state index contributed by atoms with van der Waals surface area (Å²) in [4.78, 5) is 34.8. The van der Waals surface area contributed by atoms with Crippen molar-refractivity contribution in [2.75, 3.05) is 18.1 Å². The molecular formula is C25H45N5O5S. The van der Waals surface area contributed by atoms with Gasteiger partial charge in [0, 0.05) is 24.6 Å². The van der Waals surface area contributed by atoms with E-state index in [0.717, 1.165) is 18.5 Å². The van der Waals surface area contributed by atoms with E-state index in [-0.39, 0.29) is 5.75 Å². The van der Waals surface area contributed by atoms with Crippen LogP contribution < -0.4 is 10.6 Å². The van der Waals surface area contributed by atoms with Crippen molar-refractivity contribution in [3.63, 3.8) is 0 Å². The fraction of sp³-hybridized carbons (Fsp3) is 0.800. The van der Waals surface area contributed by atoms with Crippen molar-refractivity contribution in [3.05, 3.63) is 11.9 Å². The Balaban J connectivity index is 2.22. The summed E-state index contributed by atoms with van der Waals surface area (Å²) in [7, 11) is 0. The van der Waals surface area contributed by atoms with Crippen LogP contribution in [0.2, 0.25) is 0 Å². The lowest BCUT2D eigenvalue weighted by Gasteiger charge is -2.19. The third-order valence-electron chi connectivity index (χ3n) is 5.86. The molecule has 1 aromatic heterocycles. The van der Waals surface area contributed by atoms with Gasteiger partial charge < -0.3 is 20.8 Å². The van der Waals surface area contributed by atoms with E-state index < -0.39 is 36.5 Å². The van der Waals surface area contributed by atoms with Crippen LogP contribution in [0.15, 0.2) is 6.20 Å². The van der Waals surface area contributed by atoms with Crippen LogP contribution in [0, 0.1) is 0 Å². The van der Waals surface area contributed by atoms with Gasteiger partial charge in [-0.1, -0.05) is 76.3 Å². The average molecular weight is 528 g/mol.